The summed E-state index contributed by atoms with van der Waals surface area (Å²) >= 11 is 0. The van der Waals surface area contributed by atoms with E-state index in [0.29, 0.717) is 5.75 Å². The maximum Gasteiger partial charge on any atom is 0.270 e. The molecule has 1 heterocycles. The highest BCUT2D eigenvalue weighted by Gasteiger charge is 2.27. The number of rotatable bonds is 3. The Morgan fingerprint density at radius 2 is 2.17 bits per heavy atom. The molecule has 1 unspecified atom stereocenters. The first kappa shape index (κ1) is 13.3. The van der Waals surface area contributed by atoms with Gasteiger partial charge in [-0.3, -0.25) is 0 Å². The number of piperidine rings is 1. The number of nitrogens with one attached hydrogen (secondary N) is 1. The lowest BCUT2D eigenvalue weighted by Gasteiger charge is -2.25. The minimum Gasteiger partial charge on any atom is -0.496 e. The molecule has 1 atom stereocenters. The van der Waals surface area contributed by atoms with E-state index in [1.807, 2.05) is 0 Å². The van der Waals surface area contributed by atoms with Crippen molar-refractivity contribution in [1.29, 1.82) is 0 Å². The highest BCUT2D eigenvalue weighted by molar-refractivity contribution is 5.41. The summed E-state index contributed by atoms with van der Waals surface area (Å²) in [4.78, 5) is 0. The van der Waals surface area contributed by atoms with Crippen LogP contribution in [0.5, 0.6) is 5.75 Å². The molecule has 2 nitrogen and oxygen atoms in total. The van der Waals surface area contributed by atoms with E-state index in [4.69, 9.17) is 4.74 Å². The Morgan fingerprint density at radius 3 is 2.72 bits per heavy atom. The van der Waals surface area contributed by atoms with Crippen LogP contribution in [0.1, 0.15) is 36.8 Å². The van der Waals surface area contributed by atoms with Gasteiger partial charge in [-0.05, 0) is 43.1 Å². The second kappa shape index (κ2) is 5.22. The first-order chi connectivity index (χ1) is 8.52. The summed E-state index contributed by atoms with van der Waals surface area (Å²) in [5.41, 5.74) is 0.951. The highest BCUT2D eigenvalue weighted by Crippen LogP contribution is 2.36. The van der Waals surface area contributed by atoms with E-state index in [0.717, 1.165) is 38.4 Å². The number of hydrogen-bond donors (Lipinski definition) is 1. The molecular weight excluding hydrogens is 236 g/mol. The second-order valence-electron chi connectivity index (χ2n) is 4.89. The van der Waals surface area contributed by atoms with Crippen molar-refractivity contribution < 1.29 is 13.5 Å². The van der Waals surface area contributed by atoms with E-state index < -0.39 is 5.92 Å². The van der Waals surface area contributed by atoms with Gasteiger partial charge in [-0.15, -0.1) is 0 Å². The van der Waals surface area contributed by atoms with E-state index in [2.05, 4.69) is 5.32 Å². The Kier molecular flexibility index (Phi) is 3.85. The van der Waals surface area contributed by atoms with Gasteiger partial charge in [0.1, 0.15) is 5.75 Å². The summed E-state index contributed by atoms with van der Waals surface area (Å²) in [6, 6.07) is 4.69. The molecule has 0 spiro atoms. The molecule has 0 amide bonds. The Hall–Kier alpha value is -1.16. The fraction of sp³-hybridized carbons (Fsp3) is 0.571. The van der Waals surface area contributed by atoms with Gasteiger partial charge in [0, 0.05) is 24.9 Å². The van der Waals surface area contributed by atoms with Gasteiger partial charge in [-0.1, -0.05) is 0 Å². The molecule has 0 radical (unpaired) electrons. The molecule has 100 valence electrons. The van der Waals surface area contributed by atoms with Crippen LogP contribution < -0.4 is 10.1 Å². The average molecular weight is 255 g/mol. The topological polar surface area (TPSA) is 21.3 Å². The highest BCUT2D eigenvalue weighted by atomic mass is 19.3. The van der Waals surface area contributed by atoms with Gasteiger partial charge in [-0.25, -0.2) is 8.78 Å². The van der Waals surface area contributed by atoms with Crippen molar-refractivity contribution in [2.24, 2.45) is 0 Å². The number of hydrogen-bond acceptors (Lipinski definition) is 2. The molecule has 1 saturated heterocycles. The maximum atomic E-state index is 13.4. The molecule has 4 heteroatoms. The Morgan fingerprint density at radius 1 is 1.39 bits per heavy atom. The predicted molar refractivity (Wildman–Crippen MR) is 67.4 cm³/mol. The zero-order valence-corrected chi connectivity index (χ0v) is 10.8. The maximum absolute atomic E-state index is 13.4. The number of halogens is 2. The molecule has 18 heavy (non-hydrogen) atoms. The number of ether oxygens (including phenoxy) is 1. The number of benzene rings is 1. The van der Waals surface area contributed by atoms with Crippen LogP contribution in [-0.4, -0.2) is 20.2 Å². The molecule has 2 rings (SSSR count). The molecule has 1 aliphatic heterocycles. The molecule has 1 fully saturated rings. The standard InChI is InChI=1S/C14H19F2NO/c1-14(15,16)11-5-6-13(18-2)12(8-11)10-4-3-7-17-9-10/h5-6,8,10,17H,3-4,7,9H2,1-2H3. The Balaban J connectivity index is 2.35. The van der Waals surface area contributed by atoms with Crippen LogP contribution in [0.3, 0.4) is 0 Å². The molecule has 1 aromatic carbocycles. The summed E-state index contributed by atoms with van der Waals surface area (Å²) in [5.74, 6) is -1.84. The van der Waals surface area contributed by atoms with Crippen LogP contribution in [0.2, 0.25) is 0 Å². The third-order valence-corrected chi connectivity index (χ3v) is 3.47. The van der Waals surface area contributed by atoms with Gasteiger partial charge < -0.3 is 10.1 Å². The largest absolute Gasteiger partial charge is 0.496 e. The summed E-state index contributed by atoms with van der Waals surface area (Å²) in [7, 11) is 1.58. The Labute approximate surface area is 106 Å². The van der Waals surface area contributed by atoms with Crippen LogP contribution in [0.25, 0.3) is 0 Å². The lowest BCUT2D eigenvalue weighted by Crippen LogP contribution is -2.28. The van der Waals surface area contributed by atoms with Crippen LogP contribution in [-0.2, 0) is 5.92 Å². The summed E-state index contributed by atoms with van der Waals surface area (Å²) < 4.78 is 32.1. The number of alkyl halides is 2. The van der Waals surface area contributed by atoms with Crippen LogP contribution in [0, 0.1) is 0 Å². The van der Waals surface area contributed by atoms with Crippen LogP contribution >= 0.6 is 0 Å². The monoisotopic (exact) mass is 255 g/mol. The number of methoxy groups -OCH3 is 1. The van der Waals surface area contributed by atoms with Crippen molar-refractivity contribution in [3.8, 4) is 5.75 Å². The van der Waals surface area contributed by atoms with Gasteiger partial charge in [-0.2, -0.15) is 0 Å². The van der Waals surface area contributed by atoms with Gasteiger partial charge in [0.2, 0.25) is 0 Å². The summed E-state index contributed by atoms with van der Waals surface area (Å²) in [6.07, 6.45) is 2.09. The van der Waals surface area contributed by atoms with Crippen molar-refractivity contribution in [2.75, 3.05) is 20.2 Å². The molecule has 0 aliphatic carbocycles. The first-order valence-electron chi connectivity index (χ1n) is 6.29. The molecule has 0 saturated carbocycles. The molecule has 0 aromatic heterocycles. The van der Waals surface area contributed by atoms with Crippen molar-refractivity contribution >= 4 is 0 Å². The second-order valence-corrected chi connectivity index (χ2v) is 4.89. The fourth-order valence-corrected chi connectivity index (χ4v) is 2.44. The molecule has 1 N–H and O–H groups in total. The molecule has 1 aromatic rings. The zero-order valence-electron chi connectivity index (χ0n) is 10.8. The molecular formula is C14H19F2NO. The fourth-order valence-electron chi connectivity index (χ4n) is 2.44. The quantitative estimate of drug-likeness (QED) is 0.895. The van der Waals surface area contributed by atoms with Crippen molar-refractivity contribution in [2.45, 2.75) is 31.6 Å². The van der Waals surface area contributed by atoms with E-state index in [1.165, 1.54) is 6.07 Å². The Bertz CT molecular complexity index is 409. The normalized spacial score (nSPS) is 20.8. The summed E-state index contributed by atoms with van der Waals surface area (Å²) in [5, 5.41) is 3.30. The van der Waals surface area contributed by atoms with Crippen molar-refractivity contribution in [1.82, 2.24) is 5.32 Å². The molecule has 0 bridgehead atoms. The van der Waals surface area contributed by atoms with Crippen LogP contribution in [0.4, 0.5) is 8.78 Å². The van der Waals surface area contributed by atoms with Gasteiger partial charge in [0.15, 0.2) is 0 Å². The van der Waals surface area contributed by atoms with Crippen molar-refractivity contribution in [3.63, 3.8) is 0 Å². The third kappa shape index (κ3) is 2.80. The lowest BCUT2D eigenvalue weighted by molar-refractivity contribution is 0.0173. The first-order valence-corrected chi connectivity index (χ1v) is 6.29. The minimum absolute atomic E-state index is 0.0591. The van der Waals surface area contributed by atoms with E-state index in [-0.39, 0.29) is 11.5 Å². The smallest absolute Gasteiger partial charge is 0.270 e. The molecule has 1 aliphatic rings. The SMILES string of the molecule is COc1ccc(C(C)(F)F)cc1C1CCCNC1. The lowest BCUT2D eigenvalue weighted by atomic mass is 9.89. The van der Waals surface area contributed by atoms with E-state index in [1.54, 1.807) is 19.2 Å². The van der Waals surface area contributed by atoms with Gasteiger partial charge >= 0.3 is 0 Å². The van der Waals surface area contributed by atoms with Crippen LogP contribution in [0.15, 0.2) is 18.2 Å². The van der Waals surface area contributed by atoms with E-state index >= 15 is 0 Å². The minimum atomic E-state index is -2.80. The van der Waals surface area contributed by atoms with E-state index in [9.17, 15) is 8.78 Å². The zero-order chi connectivity index (χ0) is 13.2. The van der Waals surface area contributed by atoms with Gasteiger partial charge in [0.05, 0.1) is 7.11 Å². The summed E-state index contributed by atoms with van der Waals surface area (Å²) in [6.45, 7) is 2.76. The van der Waals surface area contributed by atoms with Crippen molar-refractivity contribution in [3.05, 3.63) is 29.3 Å². The third-order valence-electron chi connectivity index (χ3n) is 3.47. The predicted octanol–water partition coefficient (Wildman–Crippen LogP) is 3.27. The average Bonchev–Trinajstić information content (AvgIpc) is 2.38. The van der Waals surface area contributed by atoms with Gasteiger partial charge in [0.25, 0.3) is 5.92 Å².